The van der Waals surface area contributed by atoms with Crippen molar-refractivity contribution in [1.29, 1.82) is 0 Å². The van der Waals surface area contributed by atoms with Crippen LogP contribution < -0.4 is 0 Å². The summed E-state index contributed by atoms with van der Waals surface area (Å²) >= 11 is 0. The van der Waals surface area contributed by atoms with E-state index < -0.39 is 12.0 Å². The maximum atomic E-state index is 13.9. The van der Waals surface area contributed by atoms with Gasteiger partial charge in [-0.1, -0.05) is 37.5 Å². The monoisotopic (exact) mass is 348 g/mol. The Labute approximate surface area is 147 Å². The normalized spacial score (nSPS) is 23.0. The first-order valence-electron chi connectivity index (χ1n) is 9.06. The molecule has 2 aliphatic rings. The van der Waals surface area contributed by atoms with Gasteiger partial charge in [-0.2, -0.15) is 0 Å². The van der Waals surface area contributed by atoms with Crippen LogP contribution >= 0.6 is 0 Å². The van der Waals surface area contributed by atoms with Gasteiger partial charge < -0.3 is 10.0 Å². The molecular weight excluding hydrogens is 323 g/mol. The molecule has 1 heterocycles. The second-order valence-corrected chi connectivity index (χ2v) is 6.99. The van der Waals surface area contributed by atoms with Gasteiger partial charge in [-0.25, -0.2) is 4.39 Å². The van der Waals surface area contributed by atoms with Crippen molar-refractivity contribution in [2.24, 2.45) is 0 Å². The van der Waals surface area contributed by atoms with E-state index in [1.54, 1.807) is 23.1 Å². The number of carbonyl (C=O) groups excluding carboxylic acids is 1. The Morgan fingerprint density at radius 1 is 1.16 bits per heavy atom. The van der Waals surface area contributed by atoms with Gasteiger partial charge in [0.25, 0.3) is 0 Å². The van der Waals surface area contributed by atoms with Gasteiger partial charge in [-0.15, -0.1) is 0 Å². The van der Waals surface area contributed by atoms with E-state index in [4.69, 9.17) is 0 Å². The quantitative estimate of drug-likeness (QED) is 0.889. The van der Waals surface area contributed by atoms with Crippen molar-refractivity contribution < 1.29 is 19.1 Å². The minimum Gasteiger partial charge on any atom is -0.481 e. The van der Waals surface area contributed by atoms with Gasteiger partial charge in [0.15, 0.2) is 0 Å². The SMILES string of the molecule is O=C(O)CC1C(=O)N(Cc2ccccc2F)CCN1C1CCCCC1. The first-order valence-corrected chi connectivity index (χ1v) is 9.06. The second kappa shape index (κ2) is 7.95. The largest absolute Gasteiger partial charge is 0.481 e. The van der Waals surface area contributed by atoms with E-state index in [1.807, 2.05) is 0 Å². The van der Waals surface area contributed by atoms with Crippen molar-refractivity contribution in [2.75, 3.05) is 13.1 Å². The fourth-order valence-corrected chi connectivity index (χ4v) is 4.06. The van der Waals surface area contributed by atoms with Crippen LogP contribution in [-0.4, -0.2) is 52.0 Å². The van der Waals surface area contributed by atoms with Crippen LogP contribution in [0.3, 0.4) is 0 Å². The Kier molecular flexibility index (Phi) is 5.68. The maximum absolute atomic E-state index is 13.9. The minimum absolute atomic E-state index is 0.191. The summed E-state index contributed by atoms with van der Waals surface area (Å²) in [7, 11) is 0. The molecule has 1 amide bonds. The fourth-order valence-electron chi connectivity index (χ4n) is 4.06. The Morgan fingerprint density at radius 3 is 2.56 bits per heavy atom. The molecule has 3 rings (SSSR count). The van der Waals surface area contributed by atoms with Gasteiger partial charge >= 0.3 is 5.97 Å². The molecule has 1 atom stereocenters. The molecule has 0 bridgehead atoms. The van der Waals surface area contributed by atoms with Gasteiger partial charge in [-0.3, -0.25) is 14.5 Å². The Hall–Kier alpha value is -1.95. The molecule has 5 nitrogen and oxygen atoms in total. The third-order valence-corrected chi connectivity index (χ3v) is 5.36. The van der Waals surface area contributed by atoms with Crippen LogP contribution in [0, 0.1) is 5.82 Å². The van der Waals surface area contributed by atoms with Crippen molar-refractivity contribution in [3.63, 3.8) is 0 Å². The standard InChI is InChI=1S/C19H25FN2O3/c20-16-9-5-4-6-14(16)13-21-10-11-22(15-7-2-1-3-8-15)17(19(21)25)12-18(23)24/h4-6,9,15,17H,1-3,7-8,10-13H2,(H,23,24). The summed E-state index contributed by atoms with van der Waals surface area (Å²) in [6.45, 7) is 1.36. The summed E-state index contributed by atoms with van der Waals surface area (Å²) in [5, 5.41) is 9.26. The van der Waals surface area contributed by atoms with Crippen molar-refractivity contribution >= 4 is 11.9 Å². The number of carboxylic acids is 1. The van der Waals surface area contributed by atoms with Gasteiger partial charge in [0.2, 0.25) is 5.91 Å². The first-order chi connectivity index (χ1) is 12.1. The molecule has 1 N–H and O–H groups in total. The van der Waals surface area contributed by atoms with E-state index in [9.17, 15) is 19.1 Å². The smallest absolute Gasteiger partial charge is 0.305 e. The summed E-state index contributed by atoms with van der Waals surface area (Å²) < 4.78 is 13.9. The molecule has 1 aromatic rings. The van der Waals surface area contributed by atoms with Crippen LogP contribution in [0.25, 0.3) is 0 Å². The summed E-state index contributed by atoms with van der Waals surface area (Å²) in [6, 6.07) is 6.07. The highest BCUT2D eigenvalue weighted by Gasteiger charge is 2.39. The topological polar surface area (TPSA) is 60.9 Å². The zero-order valence-electron chi connectivity index (χ0n) is 14.4. The van der Waals surface area contributed by atoms with Crippen LogP contribution in [0.4, 0.5) is 4.39 Å². The highest BCUT2D eigenvalue weighted by Crippen LogP contribution is 2.28. The van der Waals surface area contributed by atoms with Crippen molar-refractivity contribution in [3.8, 4) is 0 Å². The molecule has 0 spiro atoms. The molecule has 0 aromatic heterocycles. The number of halogens is 1. The highest BCUT2D eigenvalue weighted by molar-refractivity contribution is 5.87. The molecule has 1 saturated carbocycles. The molecule has 136 valence electrons. The molecule has 1 unspecified atom stereocenters. The molecule has 1 aliphatic carbocycles. The fraction of sp³-hybridized carbons (Fsp3) is 0.579. The van der Waals surface area contributed by atoms with Crippen LogP contribution in [0.1, 0.15) is 44.1 Å². The second-order valence-electron chi connectivity index (χ2n) is 6.99. The van der Waals surface area contributed by atoms with E-state index in [1.165, 1.54) is 12.5 Å². The van der Waals surface area contributed by atoms with Crippen LogP contribution in [0.15, 0.2) is 24.3 Å². The van der Waals surface area contributed by atoms with E-state index in [0.717, 1.165) is 25.7 Å². The number of rotatable bonds is 5. The van der Waals surface area contributed by atoms with Crippen LogP contribution in [0.5, 0.6) is 0 Å². The number of nitrogens with zero attached hydrogens (tertiary/aromatic N) is 2. The highest BCUT2D eigenvalue weighted by atomic mass is 19.1. The zero-order valence-corrected chi connectivity index (χ0v) is 14.4. The zero-order chi connectivity index (χ0) is 17.8. The number of aliphatic carboxylic acids is 1. The number of carbonyl (C=O) groups is 2. The number of hydrogen-bond acceptors (Lipinski definition) is 3. The van der Waals surface area contributed by atoms with E-state index in [0.29, 0.717) is 18.7 Å². The molecule has 0 radical (unpaired) electrons. The first kappa shape index (κ1) is 17.9. The Balaban J connectivity index is 1.75. The molecule has 25 heavy (non-hydrogen) atoms. The van der Waals surface area contributed by atoms with E-state index in [2.05, 4.69) is 4.90 Å². The van der Waals surface area contributed by atoms with Crippen molar-refractivity contribution in [2.45, 2.75) is 57.2 Å². The maximum Gasteiger partial charge on any atom is 0.305 e. The minimum atomic E-state index is -0.966. The van der Waals surface area contributed by atoms with Gasteiger partial charge in [0.1, 0.15) is 11.9 Å². The molecule has 2 fully saturated rings. The molecule has 6 heteroatoms. The van der Waals surface area contributed by atoms with E-state index >= 15 is 0 Å². The lowest BCUT2D eigenvalue weighted by Crippen LogP contribution is -2.60. The van der Waals surface area contributed by atoms with Gasteiger partial charge in [0, 0.05) is 31.2 Å². The predicted molar refractivity (Wildman–Crippen MR) is 91.4 cm³/mol. The average Bonchev–Trinajstić information content (AvgIpc) is 2.61. The summed E-state index contributed by atoms with van der Waals surface area (Å²) in [5.41, 5.74) is 0.469. The third-order valence-electron chi connectivity index (χ3n) is 5.36. The van der Waals surface area contributed by atoms with Gasteiger partial charge in [0.05, 0.1) is 6.42 Å². The van der Waals surface area contributed by atoms with E-state index in [-0.39, 0.29) is 30.7 Å². The number of amides is 1. The van der Waals surface area contributed by atoms with Crippen molar-refractivity contribution in [3.05, 3.63) is 35.6 Å². The Bertz CT molecular complexity index is 631. The van der Waals surface area contributed by atoms with Gasteiger partial charge in [-0.05, 0) is 18.9 Å². The predicted octanol–water partition coefficient (Wildman–Crippen LogP) is 2.65. The molecular formula is C19H25FN2O3. The number of piperazine rings is 1. The number of carboxylic acid groups (broad SMARTS) is 1. The Morgan fingerprint density at radius 2 is 1.88 bits per heavy atom. The summed E-state index contributed by atoms with van der Waals surface area (Å²) in [6.07, 6.45) is 5.33. The molecule has 1 aliphatic heterocycles. The lowest BCUT2D eigenvalue weighted by molar-refractivity contribution is -0.151. The van der Waals surface area contributed by atoms with Crippen LogP contribution in [-0.2, 0) is 16.1 Å². The molecule has 1 aromatic carbocycles. The molecule has 1 saturated heterocycles. The lowest BCUT2D eigenvalue weighted by Gasteiger charge is -2.45. The number of hydrogen-bond donors (Lipinski definition) is 1. The third kappa shape index (κ3) is 4.18. The summed E-state index contributed by atoms with van der Waals surface area (Å²) in [5.74, 6) is -1.49. The lowest BCUT2D eigenvalue weighted by atomic mass is 9.91. The van der Waals surface area contributed by atoms with Crippen molar-refractivity contribution in [1.82, 2.24) is 9.80 Å². The average molecular weight is 348 g/mol. The van der Waals surface area contributed by atoms with Crippen LogP contribution in [0.2, 0.25) is 0 Å². The summed E-state index contributed by atoms with van der Waals surface area (Å²) in [4.78, 5) is 27.9. The number of benzene rings is 1.